The van der Waals surface area contributed by atoms with Crippen molar-refractivity contribution in [1.29, 1.82) is 0 Å². The molecule has 0 radical (unpaired) electrons. The van der Waals surface area contributed by atoms with Crippen molar-refractivity contribution in [3.63, 3.8) is 0 Å². The molecule has 4 heteroatoms. The van der Waals surface area contributed by atoms with E-state index in [1.165, 1.54) is 6.42 Å². The summed E-state index contributed by atoms with van der Waals surface area (Å²) in [5, 5.41) is 10.7. The van der Waals surface area contributed by atoms with Crippen LogP contribution < -0.4 is 0 Å². The summed E-state index contributed by atoms with van der Waals surface area (Å²) in [7, 11) is 0. The van der Waals surface area contributed by atoms with Gasteiger partial charge in [-0.2, -0.15) is 0 Å². The van der Waals surface area contributed by atoms with Crippen LogP contribution in [0, 0.1) is 22.0 Å². The van der Waals surface area contributed by atoms with Crippen LogP contribution in [0.3, 0.4) is 0 Å². The maximum absolute atomic E-state index is 10.7. The molecule has 0 N–H and O–H groups in total. The topological polar surface area (TPSA) is 46.4 Å². The van der Waals surface area contributed by atoms with Gasteiger partial charge in [0.1, 0.15) is 0 Å². The number of benzene rings is 1. The molecule has 1 aliphatic heterocycles. The minimum Gasteiger partial charge on any atom is -0.299 e. The third kappa shape index (κ3) is 3.29. The van der Waals surface area contributed by atoms with Crippen molar-refractivity contribution in [3.05, 3.63) is 39.9 Å². The summed E-state index contributed by atoms with van der Waals surface area (Å²) in [5.74, 6) is 1.43. The van der Waals surface area contributed by atoms with Crippen LogP contribution >= 0.6 is 0 Å². The van der Waals surface area contributed by atoms with Crippen LogP contribution in [0.5, 0.6) is 0 Å². The average molecular weight is 248 g/mol. The Hall–Kier alpha value is -1.42. The lowest BCUT2D eigenvalue weighted by Crippen LogP contribution is -2.38. The molecule has 1 heterocycles. The molecule has 1 aliphatic rings. The summed E-state index contributed by atoms with van der Waals surface area (Å²) in [6, 6.07) is 6.97. The maximum Gasteiger partial charge on any atom is 0.269 e. The van der Waals surface area contributed by atoms with E-state index < -0.39 is 0 Å². The Kier molecular flexibility index (Phi) is 3.97. The molecule has 0 unspecified atom stereocenters. The van der Waals surface area contributed by atoms with Gasteiger partial charge in [0.15, 0.2) is 0 Å². The molecule has 0 spiro atoms. The highest BCUT2D eigenvalue weighted by atomic mass is 16.6. The van der Waals surface area contributed by atoms with E-state index in [1.54, 1.807) is 18.2 Å². The Morgan fingerprint density at radius 1 is 1.33 bits per heavy atom. The first kappa shape index (κ1) is 13.0. The fourth-order valence-electron chi connectivity index (χ4n) is 2.95. The number of likely N-dealkylation sites (tertiary alicyclic amines) is 1. The highest BCUT2D eigenvalue weighted by Gasteiger charge is 2.21. The molecule has 1 fully saturated rings. The molecule has 2 atom stereocenters. The first-order chi connectivity index (χ1) is 8.54. The van der Waals surface area contributed by atoms with Crippen LogP contribution in [-0.4, -0.2) is 22.9 Å². The van der Waals surface area contributed by atoms with Gasteiger partial charge in [-0.05, 0) is 23.8 Å². The van der Waals surface area contributed by atoms with Crippen molar-refractivity contribution in [2.75, 3.05) is 13.1 Å². The molecule has 0 bridgehead atoms. The Morgan fingerprint density at radius 2 is 2.00 bits per heavy atom. The number of hydrogen-bond acceptors (Lipinski definition) is 3. The first-order valence-corrected chi connectivity index (χ1v) is 6.50. The predicted octanol–water partition coefficient (Wildman–Crippen LogP) is 3.07. The highest BCUT2D eigenvalue weighted by molar-refractivity contribution is 5.34. The third-order valence-corrected chi connectivity index (χ3v) is 3.47. The number of nitrogens with zero attached hydrogens (tertiary/aromatic N) is 2. The van der Waals surface area contributed by atoms with Gasteiger partial charge in [0, 0.05) is 31.8 Å². The molecule has 0 amide bonds. The predicted molar refractivity (Wildman–Crippen MR) is 71.3 cm³/mol. The number of rotatable bonds is 3. The Morgan fingerprint density at radius 3 is 2.61 bits per heavy atom. The van der Waals surface area contributed by atoms with E-state index in [9.17, 15) is 10.1 Å². The quantitative estimate of drug-likeness (QED) is 0.610. The first-order valence-electron chi connectivity index (χ1n) is 6.50. The van der Waals surface area contributed by atoms with Gasteiger partial charge in [-0.3, -0.25) is 15.0 Å². The van der Waals surface area contributed by atoms with Gasteiger partial charge in [-0.1, -0.05) is 26.0 Å². The molecule has 18 heavy (non-hydrogen) atoms. The number of piperidine rings is 1. The van der Waals surface area contributed by atoms with Crippen LogP contribution in [-0.2, 0) is 6.54 Å². The van der Waals surface area contributed by atoms with Crippen LogP contribution in [0.1, 0.15) is 25.8 Å². The lowest BCUT2D eigenvalue weighted by molar-refractivity contribution is -0.384. The second kappa shape index (κ2) is 5.48. The summed E-state index contributed by atoms with van der Waals surface area (Å²) in [6.45, 7) is 7.54. The van der Waals surface area contributed by atoms with Crippen molar-refractivity contribution in [1.82, 2.24) is 4.90 Å². The zero-order chi connectivity index (χ0) is 13.1. The Labute approximate surface area is 108 Å². The molecule has 0 aromatic heterocycles. The molecule has 0 aliphatic carbocycles. The summed E-state index contributed by atoms with van der Waals surface area (Å²) >= 11 is 0. The van der Waals surface area contributed by atoms with Gasteiger partial charge < -0.3 is 0 Å². The smallest absolute Gasteiger partial charge is 0.269 e. The van der Waals surface area contributed by atoms with Crippen molar-refractivity contribution in [3.8, 4) is 0 Å². The molecule has 1 saturated heterocycles. The van der Waals surface area contributed by atoms with Crippen molar-refractivity contribution >= 4 is 5.69 Å². The van der Waals surface area contributed by atoms with E-state index in [4.69, 9.17) is 0 Å². The van der Waals surface area contributed by atoms with E-state index in [0.717, 1.165) is 25.2 Å². The minimum absolute atomic E-state index is 0.186. The zero-order valence-corrected chi connectivity index (χ0v) is 11.0. The molecule has 2 rings (SSSR count). The van der Waals surface area contributed by atoms with Gasteiger partial charge >= 0.3 is 0 Å². The second-order valence-electron chi connectivity index (χ2n) is 5.57. The van der Waals surface area contributed by atoms with Gasteiger partial charge in [0.25, 0.3) is 5.69 Å². The van der Waals surface area contributed by atoms with Crippen LogP contribution in [0.2, 0.25) is 0 Å². The molecular formula is C14H20N2O2. The molecule has 0 saturated carbocycles. The van der Waals surface area contributed by atoms with E-state index in [-0.39, 0.29) is 10.6 Å². The van der Waals surface area contributed by atoms with Crippen molar-refractivity contribution in [2.24, 2.45) is 11.8 Å². The molecule has 4 nitrogen and oxygen atoms in total. The van der Waals surface area contributed by atoms with Gasteiger partial charge in [-0.15, -0.1) is 0 Å². The molecule has 1 aromatic carbocycles. The van der Waals surface area contributed by atoms with Crippen LogP contribution in [0.4, 0.5) is 5.69 Å². The Balaban J connectivity index is 2.04. The summed E-state index contributed by atoms with van der Waals surface area (Å²) in [5.41, 5.74) is 1.22. The fourth-order valence-corrected chi connectivity index (χ4v) is 2.95. The van der Waals surface area contributed by atoms with E-state index in [2.05, 4.69) is 18.7 Å². The Bertz CT molecular complexity index is 424. The minimum atomic E-state index is -0.328. The number of hydrogen-bond donors (Lipinski definition) is 0. The van der Waals surface area contributed by atoms with Crippen LogP contribution in [0.25, 0.3) is 0 Å². The van der Waals surface area contributed by atoms with E-state index >= 15 is 0 Å². The molecule has 1 aromatic rings. The maximum atomic E-state index is 10.7. The van der Waals surface area contributed by atoms with Crippen LogP contribution in [0.15, 0.2) is 24.3 Å². The number of non-ortho nitro benzene ring substituents is 1. The number of nitro benzene ring substituents is 1. The largest absolute Gasteiger partial charge is 0.299 e. The highest BCUT2D eigenvalue weighted by Crippen LogP contribution is 2.23. The summed E-state index contributed by atoms with van der Waals surface area (Å²) in [4.78, 5) is 12.8. The van der Waals surface area contributed by atoms with Gasteiger partial charge in [-0.25, -0.2) is 0 Å². The lowest BCUT2D eigenvalue weighted by atomic mass is 9.91. The van der Waals surface area contributed by atoms with Crippen molar-refractivity contribution in [2.45, 2.75) is 26.8 Å². The normalized spacial score (nSPS) is 25.0. The number of nitro groups is 1. The standard InChI is InChI=1S/C14H20N2O2/c1-11-6-12(2)9-15(8-11)10-13-4-3-5-14(7-13)16(17)18/h3-5,7,11-12H,6,8-10H2,1-2H3/t11-,12-/m1/s1. The van der Waals surface area contributed by atoms with Crippen molar-refractivity contribution < 1.29 is 4.92 Å². The van der Waals surface area contributed by atoms with Gasteiger partial charge in [0.2, 0.25) is 0 Å². The van der Waals surface area contributed by atoms with Gasteiger partial charge in [0.05, 0.1) is 4.92 Å². The monoisotopic (exact) mass is 248 g/mol. The summed E-state index contributed by atoms with van der Waals surface area (Å²) < 4.78 is 0. The fraction of sp³-hybridized carbons (Fsp3) is 0.571. The third-order valence-electron chi connectivity index (χ3n) is 3.47. The van der Waals surface area contributed by atoms with E-state index in [1.807, 2.05) is 6.07 Å². The molecule has 98 valence electrons. The second-order valence-corrected chi connectivity index (χ2v) is 5.57. The SMILES string of the molecule is C[C@@H]1C[C@@H](C)CN(Cc2cccc([N+](=O)[O-])c2)C1. The summed E-state index contributed by atoms with van der Waals surface area (Å²) in [6.07, 6.45) is 1.28. The molecular weight excluding hydrogens is 228 g/mol. The average Bonchev–Trinajstić information content (AvgIpc) is 2.27. The van der Waals surface area contributed by atoms with E-state index in [0.29, 0.717) is 11.8 Å². The lowest BCUT2D eigenvalue weighted by Gasteiger charge is -2.34. The zero-order valence-electron chi connectivity index (χ0n) is 11.0.